The minimum Gasteiger partial charge on any atom is -0.495 e. The van der Waals surface area contributed by atoms with Gasteiger partial charge in [-0.25, -0.2) is 4.79 Å². The Balaban J connectivity index is 1.56. The number of halogens is 1. The van der Waals surface area contributed by atoms with E-state index in [1.807, 2.05) is 13.0 Å². The van der Waals surface area contributed by atoms with Crippen molar-refractivity contribution >= 4 is 29.2 Å². The van der Waals surface area contributed by atoms with Crippen LogP contribution in [0.4, 0.5) is 10.5 Å². The highest BCUT2D eigenvalue weighted by molar-refractivity contribution is 6.31. The fraction of sp³-hybridized carbons (Fsp3) is 0.556. The molecular formula is C18H24ClN3O3. The van der Waals surface area contributed by atoms with Gasteiger partial charge in [-0.05, 0) is 44.2 Å². The third-order valence-electron chi connectivity index (χ3n) is 4.80. The molecule has 0 atom stereocenters. The average molecular weight is 366 g/mol. The minimum atomic E-state index is -0.106. The van der Waals surface area contributed by atoms with Gasteiger partial charge in [-0.15, -0.1) is 0 Å². The van der Waals surface area contributed by atoms with Crippen molar-refractivity contribution in [3.8, 4) is 5.75 Å². The molecule has 0 aromatic heterocycles. The molecule has 1 saturated heterocycles. The van der Waals surface area contributed by atoms with E-state index in [1.165, 1.54) is 0 Å². The summed E-state index contributed by atoms with van der Waals surface area (Å²) in [6.45, 7) is 3.09. The number of nitrogens with zero attached hydrogens (tertiary/aromatic N) is 1. The fourth-order valence-electron chi connectivity index (χ4n) is 3.00. The summed E-state index contributed by atoms with van der Waals surface area (Å²) in [5, 5.41) is 6.54. The van der Waals surface area contributed by atoms with E-state index in [0.29, 0.717) is 48.4 Å². The Hall–Kier alpha value is -1.95. The number of nitrogens with one attached hydrogen (secondary N) is 2. The van der Waals surface area contributed by atoms with Gasteiger partial charge in [0.25, 0.3) is 0 Å². The summed E-state index contributed by atoms with van der Waals surface area (Å²) in [5.41, 5.74) is 1.51. The molecule has 2 fully saturated rings. The molecular weight excluding hydrogens is 342 g/mol. The molecule has 1 saturated carbocycles. The summed E-state index contributed by atoms with van der Waals surface area (Å²) >= 11 is 6.10. The van der Waals surface area contributed by atoms with Crippen LogP contribution in [0.3, 0.4) is 0 Å². The molecule has 1 heterocycles. The highest BCUT2D eigenvalue weighted by Crippen LogP contribution is 2.32. The third kappa shape index (κ3) is 4.37. The molecule has 1 aromatic carbocycles. The lowest BCUT2D eigenvalue weighted by Gasteiger charge is -2.31. The first-order chi connectivity index (χ1) is 12.0. The zero-order valence-electron chi connectivity index (χ0n) is 14.6. The Kier molecular flexibility index (Phi) is 5.37. The molecule has 0 radical (unpaired) electrons. The Labute approximate surface area is 152 Å². The van der Waals surface area contributed by atoms with Gasteiger partial charge < -0.3 is 20.3 Å². The molecule has 136 valence electrons. The van der Waals surface area contributed by atoms with E-state index in [2.05, 4.69) is 10.6 Å². The summed E-state index contributed by atoms with van der Waals surface area (Å²) in [4.78, 5) is 26.4. The number of urea groups is 1. The number of anilines is 1. The number of methoxy groups -OCH3 is 1. The molecule has 2 N–H and O–H groups in total. The summed E-state index contributed by atoms with van der Waals surface area (Å²) in [5.74, 6) is 0.401. The van der Waals surface area contributed by atoms with Crippen molar-refractivity contribution in [1.82, 2.24) is 10.2 Å². The number of amides is 3. The lowest BCUT2D eigenvalue weighted by molar-refractivity contribution is -0.121. The second-order valence-electron chi connectivity index (χ2n) is 6.78. The standard InChI is InChI=1S/C18H24ClN3O3/c1-11-9-15(16(25-2)10-14(11)19)21-17(23)12-5-7-22(8-6-12)18(24)20-13-3-4-13/h9-10,12-13H,3-8H2,1-2H3,(H,20,24)(H,21,23). The summed E-state index contributed by atoms with van der Waals surface area (Å²) in [7, 11) is 1.55. The number of rotatable bonds is 4. The second-order valence-corrected chi connectivity index (χ2v) is 7.18. The van der Waals surface area contributed by atoms with Crippen LogP contribution < -0.4 is 15.4 Å². The Bertz CT molecular complexity index is 668. The average Bonchev–Trinajstić information content (AvgIpc) is 3.42. The summed E-state index contributed by atoms with van der Waals surface area (Å²) < 4.78 is 5.30. The first-order valence-electron chi connectivity index (χ1n) is 8.68. The summed E-state index contributed by atoms with van der Waals surface area (Å²) in [6.07, 6.45) is 3.48. The van der Waals surface area contributed by atoms with Crippen LogP contribution in [0.5, 0.6) is 5.75 Å². The first-order valence-corrected chi connectivity index (χ1v) is 9.06. The topological polar surface area (TPSA) is 70.7 Å². The van der Waals surface area contributed by atoms with Crippen LogP contribution in [-0.4, -0.2) is 43.1 Å². The lowest BCUT2D eigenvalue weighted by Crippen LogP contribution is -2.46. The van der Waals surface area contributed by atoms with Crippen molar-refractivity contribution in [2.45, 2.75) is 38.6 Å². The number of hydrogen-bond donors (Lipinski definition) is 2. The quantitative estimate of drug-likeness (QED) is 0.860. The molecule has 6 nitrogen and oxygen atoms in total. The van der Waals surface area contributed by atoms with E-state index in [4.69, 9.17) is 16.3 Å². The number of ether oxygens (including phenoxy) is 1. The van der Waals surface area contributed by atoms with Gasteiger partial charge in [0, 0.05) is 36.1 Å². The SMILES string of the molecule is COc1cc(Cl)c(C)cc1NC(=O)C1CCN(C(=O)NC2CC2)CC1. The molecule has 1 aromatic rings. The van der Waals surface area contributed by atoms with Crippen LogP contribution in [-0.2, 0) is 4.79 Å². The molecule has 2 aliphatic rings. The number of carbonyl (C=O) groups excluding carboxylic acids is 2. The molecule has 1 aliphatic heterocycles. The maximum Gasteiger partial charge on any atom is 0.317 e. The Morgan fingerprint density at radius 3 is 2.48 bits per heavy atom. The highest BCUT2D eigenvalue weighted by atomic mass is 35.5. The third-order valence-corrected chi connectivity index (χ3v) is 5.20. The predicted octanol–water partition coefficient (Wildman–Crippen LogP) is 3.18. The number of carbonyl (C=O) groups is 2. The monoisotopic (exact) mass is 365 g/mol. The predicted molar refractivity (Wildman–Crippen MR) is 97.2 cm³/mol. The van der Waals surface area contributed by atoms with Crippen molar-refractivity contribution in [3.05, 3.63) is 22.7 Å². The molecule has 0 spiro atoms. The normalized spacial score (nSPS) is 18.0. The molecule has 0 unspecified atom stereocenters. The van der Waals surface area contributed by atoms with Gasteiger partial charge in [-0.1, -0.05) is 11.6 Å². The molecule has 1 aliphatic carbocycles. The van der Waals surface area contributed by atoms with E-state index in [1.54, 1.807) is 18.1 Å². The number of likely N-dealkylation sites (tertiary alicyclic amines) is 1. The van der Waals surface area contributed by atoms with Crippen LogP contribution in [0.1, 0.15) is 31.2 Å². The van der Waals surface area contributed by atoms with Crippen LogP contribution in [0, 0.1) is 12.8 Å². The fourth-order valence-corrected chi connectivity index (χ4v) is 3.16. The number of aryl methyl sites for hydroxylation is 1. The van der Waals surface area contributed by atoms with Gasteiger partial charge in [0.15, 0.2) is 0 Å². The van der Waals surface area contributed by atoms with Gasteiger partial charge in [0.1, 0.15) is 5.75 Å². The zero-order valence-corrected chi connectivity index (χ0v) is 15.4. The van der Waals surface area contributed by atoms with Gasteiger partial charge in [0.2, 0.25) is 5.91 Å². The van der Waals surface area contributed by atoms with Crippen LogP contribution >= 0.6 is 11.6 Å². The Morgan fingerprint density at radius 1 is 1.20 bits per heavy atom. The van der Waals surface area contributed by atoms with Crippen molar-refractivity contribution in [2.75, 3.05) is 25.5 Å². The lowest BCUT2D eigenvalue weighted by atomic mass is 9.96. The molecule has 3 amide bonds. The van der Waals surface area contributed by atoms with E-state index in [9.17, 15) is 9.59 Å². The van der Waals surface area contributed by atoms with Gasteiger partial charge in [-0.3, -0.25) is 4.79 Å². The van der Waals surface area contributed by atoms with E-state index in [0.717, 1.165) is 18.4 Å². The Morgan fingerprint density at radius 2 is 1.88 bits per heavy atom. The second kappa shape index (κ2) is 7.52. The van der Waals surface area contributed by atoms with Crippen molar-refractivity contribution in [2.24, 2.45) is 5.92 Å². The molecule has 0 bridgehead atoms. The van der Waals surface area contributed by atoms with Gasteiger partial charge in [-0.2, -0.15) is 0 Å². The van der Waals surface area contributed by atoms with E-state index < -0.39 is 0 Å². The smallest absolute Gasteiger partial charge is 0.317 e. The number of hydrogen-bond acceptors (Lipinski definition) is 3. The van der Waals surface area contributed by atoms with Gasteiger partial charge >= 0.3 is 6.03 Å². The van der Waals surface area contributed by atoms with E-state index >= 15 is 0 Å². The van der Waals surface area contributed by atoms with Crippen LogP contribution in [0.15, 0.2) is 12.1 Å². The summed E-state index contributed by atoms with van der Waals surface area (Å²) in [6, 6.07) is 3.87. The number of benzene rings is 1. The maximum atomic E-state index is 12.6. The molecule has 25 heavy (non-hydrogen) atoms. The zero-order chi connectivity index (χ0) is 18.0. The first kappa shape index (κ1) is 17.9. The van der Waals surface area contributed by atoms with Crippen molar-refractivity contribution in [1.29, 1.82) is 0 Å². The van der Waals surface area contributed by atoms with Gasteiger partial charge in [0.05, 0.1) is 12.8 Å². The largest absolute Gasteiger partial charge is 0.495 e. The molecule has 7 heteroatoms. The van der Waals surface area contributed by atoms with Crippen molar-refractivity contribution < 1.29 is 14.3 Å². The van der Waals surface area contributed by atoms with Crippen LogP contribution in [0.2, 0.25) is 5.02 Å². The van der Waals surface area contributed by atoms with Crippen molar-refractivity contribution in [3.63, 3.8) is 0 Å². The minimum absolute atomic E-state index is 0.00338. The molecule has 3 rings (SSSR count). The van der Waals surface area contributed by atoms with Crippen LogP contribution in [0.25, 0.3) is 0 Å². The number of piperidine rings is 1. The highest BCUT2D eigenvalue weighted by Gasteiger charge is 2.30. The van der Waals surface area contributed by atoms with E-state index in [-0.39, 0.29) is 17.9 Å². The maximum absolute atomic E-state index is 12.6.